The van der Waals surface area contributed by atoms with Gasteiger partial charge in [0.15, 0.2) is 0 Å². The molecule has 0 bridgehead atoms. The average Bonchev–Trinajstić information content (AvgIpc) is 3.06. The Morgan fingerprint density at radius 3 is 2.50 bits per heavy atom. The van der Waals surface area contributed by atoms with Crippen molar-refractivity contribution in [2.24, 2.45) is 17.3 Å². The molecule has 1 aliphatic heterocycles. The molecule has 2 aromatic rings. The molecule has 1 spiro atoms. The molecule has 6 nitrogen and oxygen atoms in total. The van der Waals surface area contributed by atoms with E-state index in [2.05, 4.69) is 15.0 Å². The molecule has 1 saturated heterocycles. The molecular weight excluding hydrogens is 419 g/mol. The zero-order chi connectivity index (χ0) is 22.8. The number of alkyl halides is 3. The highest BCUT2D eigenvalue weighted by molar-refractivity contribution is 5.63. The van der Waals surface area contributed by atoms with Crippen LogP contribution in [0.2, 0.25) is 0 Å². The third-order valence-corrected chi connectivity index (χ3v) is 7.53. The summed E-state index contributed by atoms with van der Waals surface area (Å²) in [6.45, 7) is 7.56. The molecule has 0 unspecified atom stereocenters. The Balaban J connectivity index is 1.35. The van der Waals surface area contributed by atoms with Gasteiger partial charge in [0.25, 0.3) is 0 Å². The van der Waals surface area contributed by atoms with Gasteiger partial charge < -0.3 is 15.7 Å². The zero-order valence-corrected chi connectivity index (χ0v) is 18.4. The molecule has 0 radical (unpaired) electrons. The van der Waals surface area contributed by atoms with Crippen LogP contribution in [0.1, 0.15) is 56.3 Å². The smallest absolute Gasteiger partial charge is 0.396 e. The molecule has 9 heteroatoms. The Bertz CT molecular complexity index is 998. The molecule has 174 valence electrons. The fourth-order valence-electron chi connectivity index (χ4n) is 6.19. The van der Waals surface area contributed by atoms with Crippen LogP contribution in [0.3, 0.4) is 0 Å². The number of hydrogen-bond donors (Lipinski definition) is 2. The van der Waals surface area contributed by atoms with E-state index in [0.717, 1.165) is 37.8 Å². The maximum Gasteiger partial charge on any atom is 0.419 e. The van der Waals surface area contributed by atoms with Crippen molar-refractivity contribution in [2.45, 2.75) is 51.2 Å². The molecule has 2 aliphatic carbocycles. The van der Waals surface area contributed by atoms with Gasteiger partial charge in [-0.15, -0.1) is 0 Å². The summed E-state index contributed by atoms with van der Waals surface area (Å²) in [5, 5.41) is 13.7. The highest BCUT2D eigenvalue weighted by Crippen LogP contribution is 2.70. The summed E-state index contributed by atoms with van der Waals surface area (Å²) in [5.41, 5.74) is 6.96. The Kier molecular flexibility index (Phi) is 5.05. The number of nitrogens with two attached hydrogens (primary N) is 1. The molecule has 3 fully saturated rings. The van der Waals surface area contributed by atoms with Gasteiger partial charge in [-0.25, -0.2) is 4.98 Å². The predicted octanol–water partition coefficient (Wildman–Crippen LogP) is 3.93. The van der Waals surface area contributed by atoms with Gasteiger partial charge >= 0.3 is 6.18 Å². The SMILES string of the molecule is CC(C)n1nc(-c2cnc(N)c(C(F)(F)F)c2)cc1[C@H]1[C@@H]2CC3(C[C@@H]21)CN(CCCO)C3. The van der Waals surface area contributed by atoms with Gasteiger partial charge in [-0.1, -0.05) is 0 Å². The molecule has 32 heavy (non-hydrogen) atoms. The first-order valence-electron chi connectivity index (χ1n) is 11.4. The minimum atomic E-state index is -4.55. The number of aliphatic hydroxyl groups is 1. The number of nitrogens with zero attached hydrogens (tertiary/aromatic N) is 4. The van der Waals surface area contributed by atoms with Crippen LogP contribution in [0.4, 0.5) is 19.0 Å². The second kappa shape index (κ2) is 7.45. The molecule has 3 heterocycles. The first-order chi connectivity index (χ1) is 15.1. The van der Waals surface area contributed by atoms with Crippen LogP contribution in [0.25, 0.3) is 11.3 Å². The Hall–Kier alpha value is -2.13. The van der Waals surface area contributed by atoms with Crippen LogP contribution in [0.15, 0.2) is 18.3 Å². The van der Waals surface area contributed by atoms with Gasteiger partial charge in [-0.05, 0) is 62.5 Å². The molecule has 2 saturated carbocycles. The van der Waals surface area contributed by atoms with Crippen molar-refractivity contribution in [1.29, 1.82) is 0 Å². The van der Waals surface area contributed by atoms with E-state index in [0.29, 0.717) is 34.4 Å². The highest BCUT2D eigenvalue weighted by Gasteiger charge is 2.65. The largest absolute Gasteiger partial charge is 0.419 e. The lowest BCUT2D eigenvalue weighted by Gasteiger charge is -2.49. The first-order valence-corrected chi connectivity index (χ1v) is 11.4. The van der Waals surface area contributed by atoms with E-state index < -0.39 is 17.6 Å². The van der Waals surface area contributed by atoms with Crippen LogP contribution >= 0.6 is 0 Å². The minimum Gasteiger partial charge on any atom is -0.396 e. The van der Waals surface area contributed by atoms with E-state index in [1.165, 1.54) is 19.0 Å². The number of rotatable bonds is 6. The summed E-state index contributed by atoms with van der Waals surface area (Å²) in [5.74, 6) is 1.18. The lowest BCUT2D eigenvalue weighted by atomic mass is 9.74. The molecule has 3 aliphatic rings. The Labute approximate surface area is 185 Å². The standard InChI is InChI=1S/C23H30F3N5O/c1-13(2)31-19(7-18(29-31)14-6-17(23(24,25)26)21(27)28-10-14)20-15-8-22(9-16(15)20)11-30(12-22)4-3-5-32/h6-7,10,13,15-16,20,32H,3-5,8-9,11-12H2,1-2H3,(H2,27,28)/t15-,16+,20+. The summed E-state index contributed by atoms with van der Waals surface area (Å²) in [7, 11) is 0. The molecule has 0 aromatic carbocycles. The van der Waals surface area contributed by atoms with Crippen molar-refractivity contribution < 1.29 is 18.3 Å². The topological polar surface area (TPSA) is 80.2 Å². The number of anilines is 1. The first kappa shape index (κ1) is 21.7. The molecule has 5 rings (SSSR count). The number of aromatic nitrogens is 3. The predicted molar refractivity (Wildman–Crippen MR) is 115 cm³/mol. The van der Waals surface area contributed by atoms with Gasteiger partial charge in [0.1, 0.15) is 5.82 Å². The van der Waals surface area contributed by atoms with E-state index in [-0.39, 0.29) is 12.6 Å². The molecule has 2 aromatic heterocycles. The quantitative estimate of drug-likeness (QED) is 0.699. The third kappa shape index (κ3) is 3.59. The Morgan fingerprint density at radius 1 is 1.22 bits per heavy atom. The van der Waals surface area contributed by atoms with Gasteiger partial charge in [0.2, 0.25) is 0 Å². The van der Waals surface area contributed by atoms with E-state index in [1.807, 2.05) is 24.6 Å². The van der Waals surface area contributed by atoms with E-state index in [4.69, 9.17) is 10.8 Å². The summed E-state index contributed by atoms with van der Waals surface area (Å²) in [6.07, 6.45) is 0.0694. The van der Waals surface area contributed by atoms with Crippen LogP contribution in [-0.4, -0.2) is 51.0 Å². The fraction of sp³-hybridized carbons (Fsp3) is 0.652. The number of pyridine rings is 1. The zero-order valence-electron chi connectivity index (χ0n) is 18.4. The minimum absolute atomic E-state index is 0.121. The van der Waals surface area contributed by atoms with E-state index in [9.17, 15) is 13.2 Å². The van der Waals surface area contributed by atoms with Crippen molar-refractivity contribution in [2.75, 3.05) is 32.0 Å². The van der Waals surface area contributed by atoms with Crippen molar-refractivity contribution >= 4 is 5.82 Å². The van der Waals surface area contributed by atoms with Crippen LogP contribution in [0.5, 0.6) is 0 Å². The number of fused-ring (bicyclic) bond motifs is 1. The fourth-order valence-corrected chi connectivity index (χ4v) is 6.19. The molecule has 0 amide bonds. The molecular formula is C23H30F3N5O. The van der Waals surface area contributed by atoms with E-state index >= 15 is 0 Å². The van der Waals surface area contributed by atoms with Gasteiger partial charge in [-0.3, -0.25) is 4.68 Å². The maximum absolute atomic E-state index is 13.3. The number of hydrogen-bond acceptors (Lipinski definition) is 5. The molecule has 3 N–H and O–H groups in total. The lowest BCUT2D eigenvalue weighted by molar-refractivity contribution is -0.137. The van der Waals surface area contributed by atoms with E-state index in [1.54, 1.807) is 0 Å². The van der Waals surface area contributed by atoms with Crippen molar-refractivity contribution in [3.63, 3.8) is 0 Å². The van der Waals surface area contributed by atoms with Crippen LogP contribution in [-0.2, 0) is 6.18 Å². The summed E-state index contributed by atoms with van der Waals surface area (Å²) in [6, 6.07) is 3.13. The van der Waals surface area contributed by atoms with Crippen LogP contribution in [0, 0.1) is 17.3 Å². The van der Waals surface area contributed by atoms with Crippen molar-refractivity contribution in [1.82, 2.24) is 19.7 Å². The maximum atomic E-state index is 13.3. The Morgan fingerprint density at radius 2 is 1.91 bits per heavy atom. The lowest BCUT2D eigenvalue weighted by Crippen LogP contribution is -2.55. The van der Waals surface area contributed by atoms with Crippen molar-refractivity contribution in [3.05, 3.63) is 29.6 Å². The monoisotopic (exact) mass is 449 g/mol. The summed E-state index contributed by atoms with van der Waals surface area (Å²) < 4.78 is 41.9. The van der Waals surface area contributed by atoms with Crippen LogP contribution < -0.4 is 5.73 Å². The highest BCUT2D eigenvalue weighted by atomic mass is 19.4. The van der Waals surface area contributed by atoms with Gasteiger partial charge in [0.05, 0.1) is 11.3 Å². The third-order valence-electron chi connectivity index (χ3n) is 7.53. The second-order valence-electron chi connectivity index (χ2n) is 10.2. The summed E-state index contributed by atoms with van der Waals surface area (Å²) >= 11 is 0. The number of halogens is 3. The number of likely N-dealkylation sites (tertiary alicyclic amines) is 1. The van der Waals surface area contributed by atoms with Gasteiger partial charge in [-0.2, -0.15) is 18.3 Å². The summed E-state index contributed by atoms with van der Waals surface area (Å²) in [4.78, 5) is 6.21. The molecule has 3 atom stereocenters. The number of nitrogen functional groups attached to an aromatic ring is 1. The number of aliphatic hydroxyl groups excluding tert-OH is 1. The van der Waals surface area contributed by atoms with Crippen molar-refractivity contribution in [3.8, 4) is 11.3 Å². The second-order valence-corrected chi connectivity index (χ2v) is 10.2. The average molecular weight is 450 g/mol. The van der Waals surface area contributed by atoms with Gasteiger partial charge in [0, 0.05) is 55.7 Å². The normalized spacial score (nSPS) is 26.5.